The van der Waals surface area contributed by atoms with Crippen molar-refractivity contribution in [2.75, 3.05) is 17.3 Å². The molecule has 3 rings (SSSR count). The molecule has 0 atom stereocenters. The zero-order valence-electron chi connectivity index (χ0n) is 14.8. The van der Waals surface area contributed by atoms with E-state index in [9.17, 15) is 13.2 Å². The molecule has 10 heteroatoms. The first-order valence-electron chi connectivity index (χ1n) is 8.14. The van der Waals surface area contributed by atoms with Gasteiger partial charge in [0.2, 0.25) is 5.91 Å². The Kier molecular flexibility index (Phi) is 6.38. The Bertz CT molecular complexity index is 1080. The van der Waals surface area contributed by atoms with Crippen molar-refractivity contribution < 1.29 is 17.6 Å². The average Bonchev–Trinajstić information content (AvgIpc) is 3.15. The van der Waals surface area contributed by atoms with Crippen LogP contribution in [0.1, 0.15) is 6.42 Å². The molecule has 0 saturated carbocycles. The van der Waals surface area contributed by atoms with Crippen LogP contribution < -0.4 is 5.32 Å². The van der Waals surface area contributed by atoms with Crippen LogP contribution in [-0.2, 0) is 14.6 Å². The second-order valence-corrected chi connectivity index (χ2v) is 9.08. The van der Waals surface area contributed by atoms with Gasteiger partial charge in [-0.15, -0.1) is 16.9 Å². The predicted octanol–water partition coefficient (Wildman–Crippen LogP) is 3.91. The van der Waals surface area contributed by atoms with Gasteiger partial charge in [0.25, 0.3) is 5.89 Å². The zero-order valence-corrected chi connectivity index (χ0v) is 17.1. The molecule has 3 aromatic rings. The molecule has 0 unspecified atom stereocenters. The molecule has 7 nitrogen and oxygen atoms in total. The highest BCUT2D eigenvalue weighted by molar-refractivity contribution is 7.98. The molecule has 0 spiro atoms. The van der Waals surface area contributed by atoms with Crippen LogP contribution >= 0.6 is 23.4 Å². The molecule has 0 bridgehead atoms. The number of anilines is 1. The molecule has 2 aromatic carbocycles. The van der Waals surface area contributed by atoms with Gasteiger partial charge in [-0.25, -0.2) is 8.42 Å². The number of benzene rings is 2. The number of thioether (sulfide) groups is 1. The molecule has 0 aliphatic rings. The Balaban J connectivity index is 1.63. The lowest BCUT2D eigenvalue weighted by molar-refractivity contribution is -0.115. The third-order valence-electron chi connectivity index (χ3n) is 3.78. The van der Waals surface area contributed by atoms with E-state index in [1.54, 1.807) is 0 Å². The molecule has 1 aromatic heterocycles. The van der Waals surface area contributed by atoms with Crippen molar-refractivity contribution in [2.45, 2.75) is 16.2 Å². The fourth-order valence-corrected chi connectivity index (χ4v) is 4.33. The Morgan fingerprint density at radius 1 is 1.14 bits per heavy atom. The first kappa shape index (κ1) is 20.4. The quantitative estimate of drug-likeness (QED) is 0.559. The van der Waals surface area contributed by atoms with E-state index in [-0.39, 0.29) is 29.0 Å². The van der Waals surface area contributed by atoms with Gasteiger partial charge < -0.3 is 4.42 Å². The van der Waals surface area contributed by atoms with Crippen molar-refractivity contribution in [3.05, 3.63) is 53.6 Å². The van der Waals surface area contributed by atoms with Crippen LogP contribution in [0.5, 0.6) is 0 Å². The van der Waals surface area contributed by atoms with Crippen LogP contribution in [0, 0.1) is 0 Å². The third kappa shape index (κ3) is 4.92. The standard InChI is InChI=1S/C18H16ClN3O4S2/c1-27-15-5-3-2-4-14(15)17-21-22-18(26-17)20-16(23)10-11-28(24,25)13-8-6-12(19)7-9-13/h2-9H,10-11H2,1H3,(H,20,22,23). The third-order valence-corrected chi connectivity index (χ3v) is 6.56. The van der Waals surface area contributed by atoms with Gasteiger partial charge in [0.15, 0.2) is 9.84 Å². The minimum atomic E-state index is -3.60. The number of hydrogen-bond acceptors (Lipinski definition) is 7. The number of sulfone groups is 1. The number of hydrogen-bond donors (Lipinski definition) is 1. The lowest BCUT2D eigenvalue weighted by Crippen LogP contribution is -2.17. The fraction of sp³-hybridized carbons (Fsp3) is 0.167. The maximum atomic E-state index is 12.3. The summed E-state index contributed by atoms with van der Waals surface area (Å²) in [6.07, 6.45) is 1.68. The van der Waals surface area contributed by atoms with Crippen LogP contribution in [0.2, 0.25) is 5.02 Å². The number of amides is 1. The van der Waals surface area contributed by atoms with E-state index in [2.05, 4.69) is 15.5 Å². The van der Waals surface area contributed by atoms with Gasteiger partial charge in [0, 0.05) is 16.3 Å². The Hall–Kier alpha value is -2.36. The largest absolute Gasteiger partial charge is 0.403 e. The summed E-state index contributed by atoms with van der Waals surface area (Å²) in [5.41, 5.74) is 0.758. The first-order valence-corrected chi connectivity index (χ1v) is 11.4. The zero-order chi connectivity index (χ0) is 20.1. The average molecular weight is 438 g/mol. The van der Waals surface area contributed by atoms with Crippen LogP contribution in [0.4, 0.5) is 6.01 Å². The molecule has 0 saturated heterocycles. The van der Waals surface area contributed by atoms with Crippen LogP contribution in [0.15, 0.2) is 62.7 Å². The summed E-state index contributed by atoms with van der Waals surface area (Å²) in [5, 5.41) is 10.6. The van der Waals surface area contributed by atoms with Gasteiger partial charge in [0.1, 0.15) is 0 Å². The Morgan fingerprint density at radius 2 is 1.86 bits per heavy atom. The summed E-state index contributed by atoms with van der Waals surface area (Å²) in [6.45, 7) is 0. The molecule has 1 heterocycles. The molecule has 28 heavy (non-hydrogen) atoms. The normalized spacial score (nSPS) is 11.4. The van der Waals surface area contributed by atoms with E-state index < -0.39 is 15.7 Å². The summed E-state index contributed by atoms with van der Waals surface area (Å²) >= 11 is 7.29. The molecule has 0 aliphatic heterocycles. The Labute approximate surface area is 171 Å². The summed E-state index contributed by atoms with van der Waals surface area (Å²) < 4.78 is 30.0. The smallest absolute Gasteiger partial charge is 0.322 e. The number of nitrogens with zero attached hydrogens (tertiary/aromatic N) is 2. The molecule has 0 aliphatic carbocycles. The highest BCUT2D eigenvalue weighted by atomic mass is 35.5. The van der Waals surface area contributed by atoms with Gasteiger partial charge >= 0.3 is 6.01 Å². The van der Waals surface area contributed by atoms with Crippen LogP contribution in [-0.4, -0.2) is 36.5 Å². The molecule has 0 fully saturated rings. The number of carbonyl (C=O) groups excluding carboxylic acids is 1. The lowest BCUT2D eigenvalue weighted by Gasteiger charge is -2.04. The van der Waals surface area contributed by atoms with Crippen molar-refractivity contribution in [1.82, 2.24) is 10.2 Å². The van der Waals surface area contributed by atoms with Gasteiger partial charge in [-0.05, 0) is 42.7 Å². The summed E-state index contributed by atoms with van der Waals surface area (Å²) in [6, 6.07) is 13.2. The molecule has 1 N–H and O–H groups in total. The van der Waals surface area contributed by atoms with E-state index in [0.717, 1.165) is 10.5 Å². The molecule has 1 amide bonds. The van der Waals surface area contributed by atoms with Crippen molar-refractivity contribution in [1.29, 1.82) is 0 Å². The van der Waals surface area contributed by atoms with Gasteiger partial charge in [-0.2, -0.15) is 0 Å². The van der Waals surface area contributed by atoms with Crippen LogP contribution in [0.25, 0.3) is 11.5 Å². The minimum Gasteiger partial charge on any atom is -0.403 e. The van der Waals surface area contributed by atoms with E-state index >= 15 is 0 Å². The number of nitrogens with one attached hydrogen (secondary N) is 1. The monoisotopic (exact) mass is 437 g/mol. The number of rotatable bonds is 7. The maximum Gasteiger partial charge on any atom is 0.322 e. The van der Waals surface area contributed by atoms with Gasteiger partial charge in [-0.3, -0.25) is 10.1 Å². The first-order chi connectivity index (χ1) is 13.4. The van der Waals surface area contributed by atoms with Gasteiger partial charge in [0.05, 0.1) is 16.2 Å². The minimum absolute atomic E-state index is 0.0835. The van der Waals surface area contributed by atoms with E-state index in [1.807, 2.05) is 30.5 Å². The fourth-order valence-electron chi connectivity index (χ4n) is 2.37. The van der Waals surface area contributed by atoms with Crippen molar-refractivity contribution in [3.8, 4) is 11.5 Å². The second kappa shape index (κ2) is 8.76. The lowest BCUT2D eigenvalue weighted by atomic mass is 10.2. The molecule has 0 radical (unpaired) electrons. The van der Waals surface area contributed by atoms with E-state index in [0.29, 0.717) is 5.02 Å². The second-order valence-electron chi connectivity index (χ2n) is 5.68. The van der Waals surface area contributed by atoms with Gasteiger partial charge in [-0.1, -0.05) is 28.8 Å². The summed E-state index contributed by atoms with van der Waals surface area (Å²) in [5.74, 6) is -0.614. The molecular formula is C18H16ClN3O4S2. The molecular weight excluding hydrogens is 422 g/mol. The molecule has 146 valence electrons. The van der Waals surface area contributed by atoms with E-state index in [1.165, 1.54) is 36.0 Å². The number of carbonyl (C=O) groups is 1. The topological polar surface area (TPSA) is 102 Å². The number of halogens is 1. The highest BCUT2D eigenvalue weighted by Gasteiger charge is 2.18. The Morgan fingerprint density at radius 3 is 2.57 bits per heavy atom. The maximum absolute atomic E-state index is 12.3. The summed E-state index contributed by atoms with van der Waals surface area (Å²) in [4.78, 5) is 13.2. The SMILES string of the molecule is CSc1ccccc1-c1nnc(NC(=O)CCS(=O)(=O)c2ccc(Cl)cc2)o1. The highest BCUT2D eigenvalue weighted by Crippen LogP contribution is 2.29. The van der Waals surface area contributed by atoms with Crippen LogP contribution in [0.3, 0.4) is 0 Å². The summed E-state index contributed by atoms with van der Waals surface area (Å²) in [7, 11) is -3.60. The van der Waals surface area contributed by atoms with Crippen molar-refractivity contribution in [2.24, 2.45) is 0 Å². The van der Waals surface area contributed by atoms with Crippen molar-refractivity contribution >= 4 is 45.1 Å². The van der Waals surface area contributed by atoms with Crippen molar-refractivity contribution in [3.63, 3.8) is 0 Å². The predicted molar refractivity (Wildman–Crippen MR) is 108 cm³/mol. The van der Waals surface area contributed by atoms with E-state index in [4.69, 9.17) is 16.0 Å². The number of aromatic nitrogens is 2.